The number of hydrogen-bond acceptors (Lipinski definition) is 5. The van der Waals surface area contributed by atoms with Gasteiger partial charge in [0.05, 0.1) is 0 Å². The number of phenols is 1. The Bertz CT molecular complexity index is 1160. The van der Waals surface area contributed by atoms with Gasteiger partial charge in [-0.05, 0) is 42.0 Å². The summed E-state index contributed by atoms with van der Waals surface area (Å²) in [5.41, 5.74) is 9.08. The molecule has 1 aliphatic heterocycles. The van der Waals surface area contributed by atoms with Gasteiger partial charge in [0, 0.05) is 39.9 Å². The Labute approximate surface area is 142 Å². The molecule has 1 aliphatic carbocycles. The summed E-state index contributed by atoms with van der Waals surface area (Å²) in [6.07, 6.45) is 0.746. The van der Waals surface area contributed by atoms with E-state index < -0.39 is 0 Å². The van der Waals surface area contributed by atoms with Crippen LogP contribution >= 0.6 is 0 Å². The predicted molar refractivity (Wildman–Crippen MR) is 96.0 cm³/mol. The van der Waals surface area contributed by atoms with E-state index in [2.05, 4.69) is 0 Å². The van der Waals surface area contributed by atoms with Crippen molar-refractivity contribution in [2.24, 2.45) is 0 Å². The highest BCUT2D eigenvalue weighted by molar-refractivity contribution is 6.05. The fraction of sp³-hybridized carbons (Fsp3) is 0. The van der Waals surface area contributed by atoms with Gasteiger partial charge < -0.3 is 15.3 Å². The van der Waals surface area contributed by atoms with Crippen molar-refractivity contribution in [1.29, 1.82) is 0 Å². The lowest BCUT2D eigenvalue weighted by Crippen LogP contribution is -2.01. The number of hydrogen-bond donors (Lipinski definition) is 2. The van der Waals surface area contributed by atoms with Crippen LogP contribution < -0.4 is 11.2 Å². The molecule has 1 heterocycles. The molecule has 0 saturated heterocycles. The van der Waals surface area contributed by atoms with Crippen LogP contribution in [0.5, 0.6) is 5.75 Å². The fourth-order valence-electron chi connectivity index (χ4n) is 3.06. The lowest BCUT2D eigenvalue weighted by atomic mass is 9.91. The summed E-state index contributed by atoms with van der Waals surface area (Å²) in [6.45, 7) is 0. The Kier molecular flexibility index (Phi) is 3.28. The van der Waals surface area contributed by atoms with E-state index in [9.17, 15) is 14.7 Å². The molecule has 0 bridgehead atoms. The Morgan fingerprint density at radius 2 is 1.76 bits per heavy atom. The van der Waals surface area contributed by atoms with E-state index >= 15 is 0 Å². The number of aldehydes is 1. The number of aromatic hydroxyl groups is 1. The van der Waals surface area contributed by atoms with Crippen molar-refractivity contribution >= 4 is 22.9 Å². The zero-order valence-corrected chi connectivity index (χ0v) is 13.0. The van der Waals surface area contributed by atoms with Gasteiger partial charge in [0.15, 0.2) is 11.7 Å². The van der Waals surface area contributed by atoms with Crippen molar-refractivity contribution in [2.75, 3.05) is 5.73 Å². The molecule has 0 amide bonds. The van der Waals surface area contributed by atoms with E-state index in [4.69, 9.17) is 10.2 Å². The second kappa shape index (κ2) is 5.49. The largest absolute Gasteiger partial charge is 0.508 e. The van der Waals surface area contributed by atoms with E-state index in [0.717, 1.165) is 17.2 Å². The topological polar surface area (TPSA) is 93.5 Å². The standard InChI is InChI=1S/C20H13NO4/c21-12-1-4-15(11(7-12)10-22)20-16-5-2-13(23)8-18(16)25-19-9-14(24)3-6-17(19)20/h1-10,23H,21H2. The van der Waals surface area contributed by atoms with Crippen LogP contribution in [0.4, 0.5) is 5.69 Å². The molecular formula is C20H13NO4. The summed E-state index contributed by atoms with van der Waals surface area (Å²) in [5, 5.41) is 10.5. The number of phenolic OH excluding ortho intramolecular Hbond substituents is 1. The predicted octanol–water partition coefficient (Wildman–Crippen LogP) is 3.67. The third-order valence-corrected chi connectivity index (χ3v) is 4.15. The van der Waals surface area contributed by atoms with E-state index in [-0.39, 0.29) is 11.2 Å². The minimum atomic E-state index is -0.186. The molecule has 0 aromatic heterocycles. The minimum Gasteiger partial charge on any atom is -0.508 e. The first-order valence-corrected chi connectivity index (χ1v) is 7.61. The zero-order chi connectivity index (χ0) is 17.6. The smallest absolute Gasteiger partial charge is 0.182 e. The molecular weight excluding hydrogens is 318 g/mol. The summed E-state index contributed by atoms with van der Waals surface area (Å²) in [5.74, 6) is 0.432. The average molecular weight is 331 g/mol. The number of carbonyl (C=O) groups is 1. The molecule has 5 heteroatoms. The first-order chi connectivity index (χ1) is 12.1. The van der Waals surface area contributed by atoms with Gasteiger partial charge in [0.1, 0.15) is 17.1 Å². The fourth-order valence-corrected chi connectivity index (χ4v) is 3.06. The second-order valence-corrected chi connectivity index (χ2v) is 5.78. The van der Waals surface area contributed by atoms with Crippen LogP contribution in [0, 0.1) is 0 Å². The normalized spacial score (nSPS) is 11.0. The number of nitrogens with two attached hydrogens (primary N) is 1. The van der Waals surface area contributed by atoms with Gasteiger partial charge in [0.25, 0.3) is 0 Å². The molecule has 4 rings (SSSR count). The van der Waals surface area contributed by atoms with Crippen LogP contribution in [0.1, 0.15) is 10.4 Å². The van der Waals surface area contributed by atoms with Crippen LogP contribution in [0.25, 0.3) is 33.4 Å². The Hall–Kier alpha value is -3.60. The molecule has 25 heavy (non-hydrogen) atoms. The summed E-state index contributed by atoms with van der Waals surface area (Å²) >= 11 is 0. The molecule has 122 valence electrons. The van der Waals surface area contributed by atoms with Gasteiger partial charge in [-0.3, -0.25) is 9.59 Å². The highest BCUT2D eigenvalue weighted by Gasteiger charge is 2.19. The van der Waals surface area contributed by atoms with Crippen molar-refractivity contribution in [3.8, 4) is 28.2 Å². The van der Waals surface area contributed by atoms with Crippen LogP contribution in [0.15, 0.2) is 63.8 Å². The van der Waals surface area contributed by atoms with E-state index in [1.54, 1.807) is 36.4 Å². The van der Waals surface area contributed by atoms with Gasteiger partial charge in [-0.2, -0.15) is 0 Å². The maximum Gasteiger partial charge on any atom is 0.182 e. The third kappa shape index (κ3) is 2.42. The zero-order valence-electron chi connectivity index (χ0n) is 13.0. The van der Waals surface area contributed by atoms with Gasteiger partial charge >= 0.3 is 0 Å². The van der Waals surface area contributed by atoms with Crippen molar-refractivity contribution < 1.29 is 14.3 Å². The quantitative estimate of drug-likeness (QED) is 0.332. The number of nitrogen functional groups attached to an aromatic ring is 1. The van der Waals surface area contributed by atoms with Crippen LogP contribution in [0.2, 0.25) is 0 Å². The maximum absolute atomic E-state index is 11.7. The molecule has 0 atom stereocenters. The number of benzene rings is 3. The van der Waals surface area contributed by atoms with Crippen molar-refractivity contribution in [3.63, 3.8) is 0 Å². The van der Waals surface area contributed by atoms with Crippen molar-refractivity contribution in [3.05, 3.63) is 70.4 Å². The van der Waals surface area contributed by atoms with Crippen molar-refractivity contribution in [2.45, 2.75) is 0 Å². The number of anilines is 1. The Morgan fingerprint density at radius 1 is 0.960 bits per heavy atom. The molecule has 2 aliphatic rings. The van der Waals surface area contributed by atoms with E-state index in [0.29, 0.717) is 33.7 Å². The molecule has 0 radical (unpaired) electrons. The average Bonchev–Trinajstić information content (AvgIpc) is 2.59. The number of fused-ring (bicyclic) bond motifs is 2. The van der Waals surface area contributed by atoms with Crippen molar-refractivity contribution in [1.82, 2.24) is 0 Å². The third-order valence-electron chi connectivity index (χ3n) is 4.15. The summed E-state index contributed by atoms with van der Waals surface area (Å²) in [6, 6.07) is 14.4. The van der Waals surface area contributed by atoms with E-state index in [1.807, 2.05) is 0 Å². The first kappa shape index (κ1) is 15.0. The van der Waals surface area contributed by atoms with Gasteiger partial charge in [0.2, 0.25) is 0 Å². The number of carbonyl (C=O) groups excluding carboxylic acids is 1. The lowest BCUT2D eigenvalue weighted by Gasteiger charge is -2.16. The summed E-state index contributed by atoms with van der Waals surface area (Å²) < 4.78 is 5.79. The molecule has 0 unspecified atom stereocenters. The molecule has 3 N–H and O–H groups in total. The lowest BCUT2D eigenvalue weighted by molar-refractivity contribution is 0.112. The molecule has 5 nitrogen and oxygen atoms in total. The van der Waals surface area contributed by atoms with Gasteiger partial charge in [-0.25, -0.2) is 0 Å². The molecule has 0 spiro atoms. The second-order valence-electron chi connectivity index (χ2n) is 5.78. The maximum atomic E-state index is 11.7. The SMILES string of the molecule is Nc1ccc(-c2c3ccc(=O)cc-3oc3cc(O)ccc23)c(C=O)c1. The molecule has 0 saturated carbocycles. The molecule has 2 aromatic carbocycles. The first-order valence-electron chi connectivity index (χ1n) is 7.61. The molecule has 2 aromatic rings. The van der Waals surface area contributed by atoms with Crippen LogP contribution in [0.3, 0.4) is 0 Å². The van der Waals surface area contributed by atoms with Crippen LogP contribution in [-0.2, 0) is 0 Å². The summed E-state index contributed by atoms with van der Waals surface area (Å²) in [4.78, 5) is 23.3. The molecule has 0 fully saturated rings. The minimum absolute atomic E-state index is 0.0488. The highest BCUT2D eigenvalue weighted by atomic mass is 16.3. The summed E-state index contributed by atoms with van der Waals surface area (Å²) in [7, 11) is 0. The van der Waals surface area contributed by atoms with Gasteiger partial charge in [-0.1, -0.05) is 6.07 Å². The number of rotatable bonds is 2. The van der Waals surface area contributed by atoms with E-state index in [1.165, 1.54) is 18.2 Å². The monoisotopic (exact) mass is 331 g/mol. The van der Waals surface area contributed by atoms with Gasteiger partial charge in [-0.15, -0.1) is 0 Å². The van der Waals surface area contributed by atoms with Crippen LogP contribution in [-0.4, -0.2) is 11.4 Å². The highest BCUT2D eigenvalue weighted by Crippen LogP contribution is 2.41. The Morgan fingerprint density at radius 3 is 2.56 bits per heavy atom. The Balaban J connectivity index is 2.21.